The molecule has 1 fully saturated rings. The van der Waals surface area contributed by atoms with Gasteiger partial charge in [0.1, 0.15) is 6.04 Å². The Morgan fingerprint density at radius 2 is 1.74 bits per heavy atom. The van der Waals surface area contributed by atoms with Gasteiger partial charge in [0.25, 0.3) is 0 Å². The maximum atomic E-state index is 14.0. The molecule has 7 heteroatoms. The van der Waals surface area contributed by atoms with Gasteiger partial charge in [-0.3, -0.25) is 14.4 Å². The SMILES string of the molecule is CCC[C@@H]1C=C[C@H]2[C@H](C(=O)N([C@@H](CO)CC(C)C)[C@@H]2C(=O)NC(C)(C)CC(C)(C)C)[C@@H]1C(=O)NC. The molecule has 1 heterocycles. The lowest BCUT2D eigenvalue weighted by molar-refractivity contribution is -0.144. The highest BCUT2D eigenvalue weighted by Crippen LogP contribution is 2.46. The van der Waals surface area contributed by atoms with E-state index in [1.807, 2.05) is 39.8 Å². The Bertz CT molecular complexity index is 799. The van der Waals surface area contributed by atoms with Gasteiger partial charge in [0.15, 0.2) is 0 Å². The van der Waals surface area contributed by atoms with E-state index in [1.165, 1.54) is 0 Å². The van der Waals surface area contributed by atoms with Gasteiger partial charge in [-0.2, -0.15) is 0 Å². The van der Waals surface area contributed by atoms with E-state index >= 15 is 0 Å². The van der Waals surface area contributed by atoms with Crippen LogP contribution in [0.3, 0.4) is 0 Å². The molecular weight excluding hydrogens is 442 g/mol. The van der Waals surface area contributed by atoms with Crippen LogP contribution in [0.15, 0.2) is 12.2 Å². The van der Waals surface area contributed by atoms with Crippen LogP contribution in [-0.2, 0) is 14.4 Å². The first-order chi connectivity index (χ1) is 16.2. The first kappa shape index (κ1) is 29.3. The van der Waals surface area contributed by atoms with Gasteiger partial charge >= 0.3 is 0 Å². The molecule has 1 saturated heterocycles. The second-order valence-corrected chi connectivity index (χ2v) is 12.8. The number of likely N-dealkylation sites (tertiary alicyclic amines) is 1. The Hall–Kier alpha value is -1.89. The Morgan fingerprint density at radius 3 is 2.23 bits per heavy atom. The Balaban J connectivity index is 2.55. The molecule has 0 aromatic carbocycles. The van der Waals surface area contributed by atoms with Gasteiger partial charge in [0.2, 0.25) is 17.7 Å². The molecule has 1 aliphatic heterocycles. The maximum Gasteiger partial charge on any atom is 0.243 e. The summed E-state index contributed by atoms with van der Waals surface area (Å²) in [6, 6.07) is -1.23. The molecule has 0 bridgehead atoms. The Morgan fingerprint density at radius 1 is 1.11 bits per heavy atom. The molecule has 2 rings (SSSR count). The first-order valence-electron chi connectivity index (χ1n) is 13.3. The van der Waals surface area contributed by atoms with Gasteiger partial charge in [0.05, 0.1) is 24.5 Å². The number of rotatable bonds is 10. The van der Waals surface area contributed by atoms with Crippen LogP contribution in [-0.4, -0.2) is 59.0 Å². The number of amides is 3. The molecular formula is C28H49N3O4. The zero-order valence-electron chi connectivity index (χ0n) is 23.4. The fraction of sp³-hybridized carbons (Fsp3) is 0.821. The Kier molecular flexibility index (Phi) is 9.59. The third kappa shape index (κ3) is 6.87. The van der Waals surface area contributed by atoms with Crippen LogP contribution in [0.5, 0.6) is 0 Å². The van der Waals surface area contributed by atoms with Crippen LogP contribution >= 0.6 is 0 Å². The molecule has 0 radical (unpaired) electrons. The molecule has 0 unspecified atom stereocenters. The molecule has 6 atom stereocenters. The molecule has 3 amide bonds. The quantitative estimate of drug-likeness (QED) is 0.407. The largest absolute Gasteiger partial charge is 0.394 e. The molecule has 2 aliphatic rings. The van der Waals surface area contributed by atoms with E-state index in [4.69, 9.17) is 0 Å². The number of allylic oxidation sites excluding steroid dienone is 1. The molecule has 3 N–H and O–H groups in total. The average Bonchev–Trinajstić information content (AvgIpc) is 3.01. The van der Waals surface area contributed by atoms with Crippen molar-refractivity contribution in [2.75, 3.05) is 13.7 Å². The minimum atomic E-state index is -0.756. The van der Waals surface area contributed by atoms with Crippen molar-refractivity contribution < 1.29 is 19.5 Å². The van der Waals surface area contributed by atoms with Crippen LogP contribution in [0.2, 0.25) is 0 Å². The van der Waals surface area contributed by atoms with Crippen molar-refractivity contribution in [1.82, 2.24) is 15.5 Å². The van der Waals surface area contributed by atoms with Crippen molar-refractivity contribution in [3.8, 4) is 0 Å². The smallest absolute Gasteiger partial charge is 0.243 e. The normalized spacial score (nSPS) is 27.7. The number of fused-ring (bicyclic) bond motifs is 1. The van der Waals surface area contributed by atoms with Gasteiger partial charge in [0, 0.05) is 18.5 Å². The van der Waals surface area contributed by atoms with E-state index < -0.39 is 35.4 Å². The third-order valence-electron chi connectivity index (χ3n) is 7.27. The van der Waals surface area contributed by atoms with Gasteiger partial charge in [-0.1, -0.05) is 60.1 Å². The monoisotopic (exact) mass is 491 g/mol. The summed E-state index contributed by atoms with van der Waals surface area (Å²) in [5, 5.41) is 16.3. The molecule has 35 heavy (non-hydrogen) atoms. The summed E-state index contributed by atoms with van der Waals surface area (Å²) in [5.74, 6) is -1.92. The Labute approximate surface area is 212 Å². The third-order valence-corrected chi connectivity index (χ3v) is 7.27. The summed E-state index contributed by atoms with van der Waals surface area (Å²) < 4.78 is 0. The van der Waals surface area contributed by atoms with E-state index in [2.05, 4.69) is 38.3 Å². The zero-order valence-corrected chi connectivity index (χ0v) is 23.4. The van der Waals surface area contributed by atoms with Gasteiger partial charge in [-0.25, -0.2) is 0 Å². The number of nitrogens with zero attached hydrogens (tertiary/aromatic N) is 1. The summed E-state index contributed by atoms with van der Waals surface area (Å²) >= 11 is 0. The van der Waals surface area contributed by atoms with E-state index in [-0.39, 0.29) is 41.6 Å². The van der Waals surface area contributed by atoms with Crippen molar-refractivity contribution >= 4 is 17.7 Å². The van der Waals surface area contributed by atoms with Crippen molar-refractivity contribution in [2.24, 2.45) is 35.0 Å². The van der Waals surface area contributed by atoms with Gasteiger partial charge < -0.3 is 20.6 Å². The number of aliphatic hydroxyl groups excluding tert-OH is 1. The first-order valence-corrected chi connectivity index (χ1v) is 13.3. The van der Waals surface area contributed by atoms with Gasteiger partial charge in [-0.05, 0) is 50.4 Å². The maximum absolute atomic E-state index is 14.0. The average molecular weight is 492 g/mol. The number of carbonyl (C=O) groups excluding carboxylic acids is 3. The number of hydrogen-bond donors (Lipinski definition) is 3. The molecule has 1 aliphatic carbocycles. The van der Waals surface area contributed by atoms with Crippen LogP contribution in [0.25, 0.3) is 0 Å². The predicted octanol–water partition coefficient (Wildman–Crippen LogP) is 3.52. The number of hydrogen-bond acceptors (Lipinski definition) is 4. The minimum absolute atomic E-state index is 0.0121. The van der Waals surface area contributed by atoms with Crippen LogP contribution in [0.4, 0.5) is 0 Å². The zero-order chi connectivity index (χ0) is 26.7. The predicted molar refractivity (Wildman–Crippen MR) is 139 cm³/mol. The lowest BCUT2D eigenvalue weighted by Crippen LogP contribution is -2.57. The van der Waals surface area contributed by atoms with E-state index in [1.54, 1.807) is 11.9 Å². The topological polar surface area (TPSA) is 98.7 Å². The summed E-state index contributed by atoms with van der Waals surface area (Å²) in [6.07, 6.45) is 7.09. The van der Waals surface area contributed by atoms with Gasteiger partial charge in [-0.15, -0.1) is 0 Å². The van der Waals surface area contributed by atoms with Crippen LogP contribution in [0.1, 0.15) is 81.1 Å². The highest BCUT2D eigenvalue weighted by molar-refractivity contribution is 5.97. The molecule has 0 spiro atoms. The van der Waals surface area contributed by atoms with Crippen molar-refractivity contribution in [3.63, 3.8) is 0 Å². The molecule has 0 aromatic heterocycles. The van der Waals surface area contributed by atoms with Crippen LogP contribution < -0.4 is 10.6 Å². The second-order valence-electron chi connectivity index (χ2n) is 12.8. The minimum Gasteiger partial charge on any atom is -0.394 e. The second kappa shape index (κ2) is 11.4. The van der Waals surface area contributed by atoms with Crippen molar-refractivity contribution in [2.45, 2.75) is 98.7 Å². The molecule has 7 nitrogen and oxygen atoms in total. The van der Waals surface area contributed by atoms with Crippen LogP contribution in [0, 0.1) is 35.0 Å². The van der Waals surface area contributed by atoms with Crippen molar-refractivity contribution in [3.05, 3.63) is 12.2 Å². The lowest BCUT2D eigenvalue weighted by atomic mass is 9.68. The highest BCUT2D eigenvalue weighted by Gasteiger charge is 2.58. The van der Waals surface area contributed by atoms with Crippen molar-refractivity contribution in [1.29, 1.82) is 0 Å². The summed E-state index contributed by atoms with van der Waals surface area (Å²) in [5.41, 5.74) is -0.462. The highest BCUT2D eigenvalue weighted by atomic mass is 16.3. The number of nitrogens with one attached hydrogen (secondary N) is 2. The summed E-state index contributed by atoms with van der Waals surface area (Å²) in [4.78, 5) is 42.6. The van der Waals surface area contributed by atoms with E-state index in [0.717, 1.165) is 19.3 Å². The van der Waals surface area contributed by atoms with E-state index in [9.17, 15) is 19.5 Å². The lowest BCUT2D eigenvalue weighted by Gasteiger charge is -2.38. The standard InChI is InChI=1S/C28H49N3O4/c1-10-11-18-12-13-20-22(21(18)24(33)29-9)26(35)31(19(15-32)14-17(2)3)23(20)25(34)30-28(7,8)16-27(4,5)6/h12-13,17-23,32H,10-11,14-16H2,1-9H3,(H,29,33)(H,30,34)/t18-,19-,20+,21-,22+,23+/m1/s1. The molecule has 0 saturated carbocycles. The number of carbonyl (C=O) groups is 3. The van der Waals surface area contributed by atoms with E-state index in [0.29, 0.717) is 6.42 Å². The fourth-order valence-corrected chi connectivity index (χ4v) is 6.57. The number of aliphatic hydroxyl groups is 1. The fourth-order valence-electron chi connectivity index (χ4n) is 6.57. The molecule has 0 aromatic rings. The summed E-state index contributed by atoms with van der Waals surface area (Å²) in [6.45, 7) is 16.4. The molecule has 200 valence electrons. The summed E-state index contributed by atoms with van der Waals surface area (Å²) in [7, 11) is 1.60.